The van der Waals surface area contributed by atoms with E-state index in [-0.39, 0.29) is 5.91 Å². The first-order valence-corrected chi connectivity index (χ1v) is 10.5. The van der Waals surface area contributed by atoms with Gasteiger partial charge in [0.2, 0.25) is 0 Å². The van der Waals surface area contributed by atoms with Crippen LogP contribution in [0.1, 0.15) is 18.1 Å². The predicted octanol–water partition coefficient (Wildman–Crippen LogP) is 4.99. The summed E-state index contributed by atoms with van der Waals surface area (Å²) < 4.78 is 12.1. The van der Waals surface area contributed by atoms with E-state index in [0.717, 1.165) is 27.0 Å². The number of nitrogens with one attached hydrogen (secondary N) is 2. The Hall–Kier alpha value is -3.32. The number of anilines is 1. The van der Waals surface area contributed by atoms with Crippen LogP contribution in [0.4, 0.5) is 5.69 Å². The normalized spacial score (nSPS) is 11.7. The number of hydrogen-bond donors (Lipinski definition) is 2. The third kappa shape index (κ3) is 6.86. The van der Waals surface area contributed by atoms with Gasteiger partial charge < -0.3 is 14.8 Å². The van der Waals surface area contributed by atoms with E-state index in [1.807, 2.05) is 72.8 Å². The van der Waals surface area contributed by atoms with Gasteiger partial charge in [0.05, 0.1) is 13.3 Å². The van der Waals surface area contributed by atoms with Crippen LogP contribution in [0, 0.1) is 0 Å². The van der Waals surface area contributed by atoms with Gasteiger partial charge in [0.1, 0.15) is 24.1 Å². The molecule has 0 saturated heterocycles. The van der Waals surface area contributed by atoms with Gasteiger partial charge in [-0.25, -0.2) is 5.43 Å². The summed E-state index contributed by atoms with van der Waals surface area (Å²) in [6.07, 6.45) is 1.58. The molecule has 0 unspecified atom stereocenters. The van der Waals surface area contributed by atoms with Crippen molar-refractivity contribution in [3.63, 3.8) is 0 Å². The molecular weight excluding hydrogens is 458 g/mol. The van der Waals surface area contributed by atoms with Crippen molar-refractivity contribution in [1.82, 2.24) is 5.43 Å². The molecule has 0 aliphatic heterocycles. The van der Waals surface area contributed by atoms with Gasteiger partial charge in [0, 0.05) is 15.7 Å². The van der Waals surface area contributed by atoms with Crippen LogP contribution in [0.15, 0.2) is 82.4 Å². The number of para-hydroxylation sites is 1. The van der Waals surface area contributed by atoms with Crippen LogP contribution in [0.2, 0.25) is 0 Å². The summed E-state index contributed by atoms with van der Waals surface area (Å²) in [4.78, 5) is 12.3. The minimum Gasteiger partial charge on any atom is -0.497 e. The topological polar surface area (TPSA) is 72.0 Å². The number of hydrogen-bond acceptors (Lipinski definition) is 5. The highest BCUT2D eigenvalue weighted by Gasteiger charge is 2.11. The molecule has 0 saturated carbocycles. The van der Waals surface area contributed by atoms with Crippen molar-refractivity contribution in [3.8, 4) is 11.5 Å². The maximum Gasteiger partial charge on any atom is 0.262 e. The number of carbonyl (C=O) groups is 1. The number of hydrazone groups is 1. The van der Waals surface area contributed by atoms with Crippen molar-refractivity contribution in [2.45, 2.75) is 19.6 Å². The highest BCUT2D eigenvalue weighted by atomic mass is 79.9. The fraction of sp³-hybridized carbons (Fsp3) is 0.167. The Balaban J connectivity index is 1.54. The van der Waals surface area contributed by atoms with E-state index in [1.165, 1.54) is 0 Å². The Morgan fingerprint density at radius 3 is 2.48 bits per heavy atom. The first kappa shape index (κ1) is 22.4. The van der Waals surface area contributed by atoms with Gasteiger partial charge in [-0.15, -0.1) is 0 Å². The Kier molecular flexibility index (Phi) is 8.06. The molecular formula is C24H24BrN3O3. The molecule has 7 heteroatoms. The van der Waals surface area contributed by atoms with E-state index in [9.17, 15) is 4.79 Å². The quantitative estimate of drug-likeness (QED) is 0.333. The number of methoxy groups -OCH3 is 1. The van der Waals surface area contributed by atoms with E-state index in [1.54, 1.807) is 20.2 Å². The zero-order chi connectivity index (χ0) is 22.1. The number of amides is 1. The number of benzene rings is 3. The van der Waals surface area contributed by atoms with Gasteiger partial charge in [-0.05, 0) is 61.0 Å². The third-order valence-corrected chi connectivity index (χ3v) is 5.00. The summed E-state index contributed by atoms with van der Waals surface area (Å²) in [7, 11) is 1.61. The highest BCUT2D eigenvalue weighted by Crippen LogP contribution is 2.19. The molecule has 0 spiro atoms. The molecule has 160 valence electrons. The summed E-state index contributed by atoms with van der Waals surface area (Å²) in [5.74, 6) is 1.20. The Morgan fingerprint density at radius 2 is 1.77 bits per heavy atom. The minimum atomic E-state index is -0.463. The lowest BCUT2D eigenvalue weighted by Gasteiger charge is -2.14. The van der Waals surface area contributed by atoms with Crippen molar-refractivity contribution < 1.29 is 14.3 Å². The summed E-state index contributed by atoms with van der Waals surface area (Å²) in [6, 6.07) is 22.4. The second-order valence-corrected chi connectivity index (χ2v) is 7.70. The summed E-state index contributed by atoms with van der Waals surface area (Å²) in [5.41, 5.74) is 5.21. The average molecular weight is 482 g/mol. The van der Waals surface area contributed by atoms with Gasteiger partial charge in [-0.2, -0.15) is 5.10 Å². The third-order valence-electron chi connectivity index (χ3n) is 4.47. The van der Waals surface area contributed by atoms with E-state index in [0.29, 0.717) is 12.4 Å². The molecule has 6 nitrogen and oxygen atoms in total. The standard InChI is InChI=1S/C24H24BrN3O3/c1-17(27-21-11-13-22(30-2)14-12-21)24(29)28-26-15-19-5-3-4-6-23(19)31-16-18-7-9-20(25)10-8-18/h3-15,17,27H,16H2,1-2H3,(H,28,29)/t17-/m1/s1. The molecule has 0 fully saturated rings. The van der Waals surface area contributed by atoms with E-state index in [2.05, 4.69) is 31.8 Å². The Labute approximate surface area is 190 Å². The van der Waals surface area contributed by atoms with Crippen LogP contribution in [0.25, 0.3) is 0 Å². The molecule has 0 aliphatic rings. The van der Waals surface area contributed by atoms with Crippen LogP contribution in [-0.2, 0) is 11.4 Å². The molecule has 1 amide bonds. The zero-order valence-corrected chi connectivity index (χ0v) is 18.9. The van der Waals surface area contributed by atoms with Crippen LogP contribution in [0.3, 0.4) is 0 Å². The largest absolute Gasteiger partial charge is 0.497 e. The van der Waals surface area contributed by atoms with Crippen LogP contribution < -0.4 is 20.2 Å². The first-order chi connectivity index (χ1) is 15.0. The molecule has 0 radical (unpaired) electrons. The van der Waals surface area contributed by atoms with Crippen molar-refractivity contribution in [2.24, 2.45) is 5.10 Å². The van der Waals surface area contributed by atoms with Gasteiger partial charge in [0.15, 0.2) is 0 Å². The average Bonchev–Trinajstić information content (AvgIpc) is 2.80. The lowest BCUT2D eigenvalue weighted by molar-refractivity contribution is -0.121. The Bertz CT molecular complexity index is 1020. The number of ether oxygens (including phenoxy) is 2. The molecule has 3 aromatic rings. The predicted molar refractivity (Wildman–Crippen MR) is 127 cm³/mol. The van der Waals surface area contributed by atoms with Crippen molar-refractivity contribution in [1.29, 1.82) is 0 Å². The van der Waals surface area contributed by atoms with E-state index >= 15 is 0 Å². The second-order valence-electron chi connectivity index (χ2n) is 6.78. The maximum absolute atomic E-state index is 12.3. The van der Waals surface area contributed by atoms with Crippen LogP contribution in [-0.4, -0.2) is 25.3 Å². The monoisotopic (exact) mass is 481 g/mol. The van der Waals surface area contributed by atoms with Crippen molar-refractivity contribution in [2.75, 3.05) is 12.4 Å². The number of rotatable bonds is 9. The summed E-state index contributed by atoms with van der Waals surface area (Å²) in [5, 5.41) is 7.21. The first-order valence-electron chi connectivity index (χ1n) is 9.75. The van der Waals surface area contributed by atoms with Crippen molar-refractivity contribution in [3.05, 3.63) is 88.4 Å². The molecule has 2 N–H and O–H groups in total. The molecule has 0 aromatic heterocycles. The smallest absolute Gasteiger partial charge is 0.262 e. The number of nitrogens with zero attached hydrogens (tertiary/aromatic N) is 1. The highest BCUT2D eigenvalue weighted by molar-refractivity contribution is 9.10. The second kappa shape index (κ2) is 11.2. The summed E-state index contributed by atoms with van der Waals surface area (Å²) in [6.45, 7) is 2.21. The van der Waals surface area contributed by atoms with Gasteiger partial charge in [0.25, 0.3) is 5.91 Å². The maximum atomic E-state index is 12.3. The summed E-state index contributed by atoms with van der Waals surface area (Å²) >= 11 is 3.43. The Morgan fingerprint density at radius 1 is 1.06 bits per heavy atom. The fourth-order valence-corrected chi connectivity index (χ4v) is 2.99. The lowest BCUT2D eigenvalue weighted by Crippen LogP contribution is -2.34. The van der Waals surface area contributed by atoms with E-state index < -0.39 is 6.04 Å². The van der Waals surface area contributed by atoms with E-state index in [4.69, 9.17) is 9.47 Å². The molecule has 0 heterocycles. The van der Waals surface area contributed by atoms with Gasteiger partial charge in [-0.3, -0.25) is 4.79 Å². The molecule has 31 heavy (non-hydrogen) atoms. The number of carbonyl (C=O) groups excluding carboxylic acids is 1. The fourth-order valence-electron chi connectivity index (χ4n) is 2.73. The SMILES string of the molecule is COc1ccc(N[C@H](C)C(=O)NN=Cc2ccccc2OCc2ccc(Br)cc2)cc1. The van der Waals surface area contributed by atoms with Crippen LogP contribution in [0.5, 0.6) is 11.5 Å². The molecule has 3 aromatic carbocycles. The van der Waals surface area contributed by atoms with Crippen LogP contribution >= 0.6 is 15.9 Å². The minimum absolute atomic E-state index is 0.250. The van der Waals surface area contributed by atoms with Crippen molar-refractivity contribution >= 4 is 33.7 Å². The lowest BCUT2D eigenvalue weighted by atomic mass is 10.2. The molecule has 3 rings (SSSR count). The van der Waals surface area contributed by atoms with Gasteiger partial charge in [-0.1, -0.05) is 40.2 Å². The number of halogens is 1. The molecule has 0 aliphatic carbocycles. The zero-order valence-electron chi connectivity index (χ0n) is 17.3. The molecule has 1 atom stereocenters. The molecule has 0 bridgehead atoms. The van der Waals surface area contributed by atoms with Gasteiger partial charge >= 0.3 is 0 Å².